The van der Waals surface area contributed by atoms with Gasteiger partial charge < -0.3 is 10.6 Å². The molecular weight excluding hydrogens is 298 g/mol. The molecule has 118 valence electrons. The number of non-ortho nitro benzene ring substituents is 1. The quantitative estimate of drug-likeness (QED) is 0.654. The van der Waals surface area contributed by atoms with E-state index in [-0.39, 0.29) is 17.2 Å². The molecule has 0 heterocycles. The van der Waals surface area contributed by atoms with Crippen molar-refractivity contribution in [1.82, 2.24) is 5.32 Å². The highest BCUT2D eigenvalue weighted by Crippen LogP contribution is 2.18. The summed E-state index contributed by atoms with van der Waals surface area (Å²) in [6.45, 7) is 2.26. The molecule has 0 saturated heterocycles. The minimum atomic E-state index is -0.570. The second-order valence-electron chi connectivity index (χ2n) is 4.67. The van der Waals surface area contributed by atoms with E-state index in [1.54, 1.807) is 31.2 Å². The first-order valence-electron chi connectivity index (χ1n) is 6.96. The van der Waals surface area contributed by atoms with Crippen molar-refractivity contribution in [2.24, 2.45) is 0 Å². The average Bonchev–Trinajstić information content (AvgIpc) is 2.55. The number of nitro groups is 1. The zero-order valence-electron chi connectivity index (χ0n) is 12.4. The van der Waals surface area contributed by atoms with Gasteiger partial charge in [-0.3, -0.25) is 19.7 Å². The van der Waals surface area contributed by atoms with Crippen LogP contribution in [0.3, 0.4) is 0 Å². The number of para-hydroxylation sites is 1. The first-order chi connectivity index (χ1) is 11.0. The number of hydrogen-bond donors (Lipinski definition) is 2. The summed E-state index contributed by atoms with van der Waals surface area (Å²) in [5, 5.41) is 16.0. The summed E-state index contributed by atoms with van der Waals surface area (Å²) < 4.78 is 0. The highest BCUT2D eigenvalue weighted by molar-refractivity contribution is 6.09. The van der Waals surface area contributed by atoms with E-state index >= 15 is 0 Å². The molecule has 0 aliphatic heterocycles. The molecule has 23 heavy (non-hydrogen) atoms. The molecule has 0 bridgehead atoms. The summed E-state index contributed by atoms with van der Waals surface area (Å²) in [5.74, 6) is -0.826. The number of hydrogen-bond acceptors (Lipinski definition) is 4. The van der Waals surface area contributed by atoms with Gasteiger partial charge in [-0.1, -0.05) is 18.2 Å². The first kappa shape index (κ1) is 16.2. The molecule has 7 nitrogen and oxygen atoms in total. The molecule has 2 aromatic rings. The lowest BCUT2D eigenvalue weighted by molar-refractivity contribution is -0.384. The van der Waals surface area contributed by atoms with E-state index in [0.717, 1.165) is 0 Å². The molecule has 0 aliphatic rings. The molecule has 0 fully saturated rings. The summed E-state index contributed by atoms with van der Waals surface area (Å²) in [5.41, 5.74) is 0.641. The topological polar surface area (TPSA) is 101 Å². The minimum Gasteiger partial charge on any atom is -0.352 e. The van der Waals surface area contributed by atoms with Crippen molar-refractivity contribution in [2.45, 2.75) is 6.92 Å². The van der Waals surface area contributed by atoms with E-state index < -0.39 is 10.8 Å². The Morgan fingerprint density at radius 2 is 1.83 bits per heavy atom. The third-order valence-corrected chi connectivity index (χ3v) is 3.08. The van der Waals surface area contributed by atoms with Crippen LogP contribution >= 0.6 is 0 Å². The molecule has 0 radical (unpaired) electrons. The fraction of sp³-hybridized carbons (Fsp3) is 0.125. The molecule has 0 atom stereocenters. The second kappa shape index (κ2) is 7.17. The van der Waals surface area contributed by atoms with E-state index in [4.69, 9.17) is 0 Å². The van der Waals surface area contributed by atoms with E-state index in [1.165, 1.54) is 24.3 Å². The van der Waals surface area contributed by atoms with E-state index in [2.05, 4.69) is 10.6 Å². The van der Waals surface area contributed by atoms with Crippen molar-refractivity contribution in [3.8, 4) is 0 Å². The van der Waals surface area contributed by atoms with Crippen LogP contribution in [0.4, 0.5) is 11.4 Å². The van der Waals surface area contributed by atoms with Gasteiger partial charge in [0.15, 0.2) is 0 Å². The third-order valence-electron chi connectivity index (χ3n) is 3.08. The normalized spacial score (nSPS) is 9.96. The number of rotatable bonds is 5. The molecule has 0 spiro atoms. The number of anilines is 1. The van der Waals surface area contributed by atoms with Crippen LogP contribution in [0.2, 0.25) is 0 Å². The summed E-state index contributed by atoms with van der Waals surface area (Å²) in [7, 11) is 0. The van der Waals surface area contributed by atoms with E-state index in [9.17, 15) is 19.7 Å². The van der Waals surface area contributed by atoms with Gasteiger partial charge in [0.2, 0.25) is 0 Å². The van der Waals surface area contributed by atoms with Crippen LogP contribution in [0, 0.1) is 10.1 Å². The highest BCUT2D eigenvalue weighted by Gasteiger charge is 2.15. The molecule has 2 amide bonds. The van der Waals surface area contributed by atoms with E-state index in [1.807, 2.05) is 0 Å². The maximum atomic E-state index is 12.3. The predicted octanol–water partition coefficient (Wildman–Crippen LogP) is 2.60. The zero-order valence-corrected chi connectivity index (χ0v) is 12.4. The maximum Gasteiger partial charge on any atom is 0.270 e. The van der Waals surface area contributed by atoms with E-state index in [0.29, 0.717) is 17.8 Å². The van der Waals surface area contributed by atoms with Crippen molar-refractivity contribution in [2.75, 3.05) is 11.9 Å². The molecule has 2 aromatic carbocycles. The average molecular weight is 313 g/mol. The number of carbonyl (C=O) groups excluding carboxylic acids is 2. The summed E-state index contributed by atoms with van der Waals surface area (Å²) in [6, 6.07) is 12.0. The second-order valence-corrected chi connectivity index (χ2v) is 4.67. The molecule has 2 rings (SSSR count). The van der Waals surface area contributed by atoms with Crippen molar-refractivity contribution >= 4 is 23.2 Å². The van der Waals surface area contributed by atoms with Crippen LogP contribution in [0.15, 0.2) is 48.5 Å². The number of nitrogens with one attached hydrogen (secondary N) is 2. The Morgan fingerprint density at radius 3 is 2.52 bits per heavy atom. The SMILES string of the molecule is CCNC(=O)c1ccccc1NC(=O)c1cccc([N+](=O)[O-])c1. The number of amides is 2. The third kappa shape index (κ3) is 3.91. The monoisotopic (exact) mass is 313 g/mol. The zero-order chi connectivity index (χ0) is 16.8. The fourth-order valence-electron chi connectivity index (χ4n) is 2.00. The Hall–Kier alpha value is -3.22. The van der Waals surface area contributed by atoms with Gasteiger partial charge in [-0.2, -0.15) is 0 Å². The van der Waals surface area contributed by atoms with Crippen molar-refractivity contribution in [1.29, 1.82) is 0 Å². The van der Waals surface area contributed by atoms with Gasteiger partial charge >= 0.3 is 0 Å². The van der Waals surface area contributed by atoms with Gasteiger partial charge in [-0.25, -0.2) is 0 Å². The predicted molar refractivity (Wildman–Crippen MR) is 85.5 cm³/mol. The van der Waals surface area contributed by atoms with Crippen LogP contribution in [-0.2, 0) is 0 Å². The van der Waals surface area contributed by atoms with Crippen LogP contribution in [0.25, 0.3) is 0 Å². The summed E-state index contributed by atoms with van der Waals surface area (Å²) >= 11 is 0. The van der Waals surface area contributed by atoms with Gasteiger partial charge in [0.05, 0.1) is 16.2 Å². The van der Waals surface area contributed by atoms with Gasteiger partial charge in [0.1, 0.15) is 0 Å². The fourth-order valence-corrected chi connectivity index (χ4v) is 2.00. The first-order valence-corrected chi connectivity index (χ1v) is 6.96. The Labute approximate surface area is 132 Å². The van der Waals surface area contributed by atoms with Gasteiger partial charge in [-0.05, 0) is 25.1 Å². The largest absolute Gasteiger partial charge is 0.352 e. The number of carbonyl (C=O) groups is 2. The number of benzene rings is 2. The summed E-state index contributed by atoms with van der Waals surface area (Å²) in [6.07, 6.45) is 0. The molecule has 0 saturated carbocycles. The molecule has 0 aromatic heterocycles. The lowest BCUT2D eigenvalue weighted by Gasteiger charge is -2.10. The highest BCUT2D eigenvalue weighted by atomic mass is 16.6. The Morgan fingerprint density at radius 1 is 1.09 bits per heavy atom. The standard InChI is InChI=1S/C16H15N3O4/c1-2-17-16(21)13-8-3-4-9-14(13)18-15(20)11-6-5-7-12(10-11)19(22)23/h3-10H,2H2,1H3,(H,17,21)(H,18,20). The lowest BCUT2D eigenvalue weighted by atomic mass is 10.1. The van der Waals surface area contributed by atoms with Crippen LogP contribution < -0.4 is 10.6 Å². The molecular formula is C16H15N3O4. The number of nitro benzene ring substituents is 1. The van der Waals surface area contributed by atoms with Crippen LogP contribution in [-0.4, -0.2) is 23.3 Å². The molecule has 7 heteroatoms. The van der Waals surface area contributed by atoms with Gasteiger partial charge in [-0.15, -0.1) is 0 Å². The number of nitrogens with zero attached hydrogens (tertiary/aromatic N) is 1. The van der Waals surface area contributed by atoms with Crippen molar-refractivity contribution in [3.63, 3.8) is 0 Å². The Bertz CT molecular complexity index is 758. The summed E-state index contributed by atoms with van der Waals surface area (Å²) in [4.78, 5) is 34.4. The van der Waals surface area contributed by atoms with Crippen LogP contribution in [0.1, 0.15) is 27.6 Å². The van der Waals surface area contributed by atoms with Gasteiger partial charge in [0.25, 0.3) is 17.5 Å². The Kier molecular flexibility index (Phi) is 5.03. The molecule has 0 aliphatic carbocycles. The lowest BCUT2D eigenvalue weighted by Crippen LogP contribution is -2.24. The van der Waals surface area contributed by atoms with Crippen LogP contribution in [0.5, 0.6) is 0 Å². The van der Waals surface area contributed by atoms with Crippen molar-refractivity contribution < 1.29 is 14.5 Å². The minimum absolute atomic E-state index is 0.143. The van der Waals surface area contributed by atoms with Gasteiger partial charge in [0, 0.05) is 24.2 Å². The Balaban J connectivity index is 2.26. The maximum absolute atomic E-state index is 12.3. The molecule has 2 N–H and O–H groups in total. The van der Waals surface area contributed by atoms with Crippen molar-refractivity contribution in [3.05, 3.63) is 69.8 Å². The smallest absolute Gasteiger partial charge is 0.270 e. The molecule has 0 unspecified atom stereocenters.